The monoisotopic (exact) mass is 447 g/mol. The second-order valence-corrected chi connectivity index (χ2v) is 7.75. The molecular formula is C22H20ClF2N3O3. The zero-order valence-electron chi connectivity index (χ0n) is 16.8. The first-order valence-corrected chi connectivity index (χ1v) is 9.86. The van der Waals surface area contributed by atoms with Gasteiger partial charge in [-0.2, -0.15) is 9.78 Å². The smallest absolute Gasteiger partial charge is 0.284 e. The van der Waals surface area contributed by atoms with Crippen LogP contribution in [0.25, 0.3) is 16.9 Å². The van der Waals surface area contributed by atoms with Crippen molar-refractivity contribution in [2.45, 2.75) is 20.0 Å². The van der Waals surface area contributed by atoms with Crippen molar-refractivity contribution in [2.24, 2.45) is 5.92 Å². The lowest BCUT2D eigenvalue weighted by Crippen LogP contribution is -2.38. The highest BCUT2D eigenvalue weighted by Crippen LogP contribution is 2.21. The number of aromatic nitrogens is 2. The number of aliphatic hydroxyl groups is 1. The summed E-state index contributed by atoms with van der Waals surface area (Å²) in [7, 11) is 0. The van der Waals surface area contributed by atoms with E-state index in [0.29, 0.717) is 16.7 Å². The number of halogens is 3. The molecule has 31 heavy (non-hydrogen) atoms. The van der Waals surface area contributed by atoms with E-state index in [-0.39, 0.29) is 29.4 Å². The van der Waals surface area contributed by atoms with E-state index in [4.69, 9.17) is 11.6 Å². The predicted octanol–water partition coefficient (Wildman–Crippen LogP) is 3.58. The van der Waals surface area contributed by atoms with Gasteiger partial charge >= 0.3 is 0 Å². The maximum absolute atomic E-state index is 13.8. The minimum absolute atomic E-state index is 0.0663. The van der Waals surface area contributed by atoms with E-state index in [0.717, 1.165) is 16.8 Å². The van der Waals surface area contributed by atoms with Crippen molar-refractivity contribution < 1.29 is 18.7 Å². The SMILES string of the molecule is CC(C)[C@H](O)CNC(=O)c1cc(-c2ccc(Cl)cc2)nn(-c2cc(F)cc(F)c2)c1=O. The molecule has 2 aromatic carbocycles. The first kappa shape index (κ1) is 22.6. The number of carbonyl (C=O) groups excluding carboxylic acids is 1. The molecule has 0 fully saturated rings. The topological polar surface area (TPSA) is 84.2 Å². The van der Waals surface area contributed by atoms with Crippen LogP contribution in [0, 0.1) is 17.6 Å². The summed E-state index contributed by atoms with van der Waals surface area (Å²) < 4.78 is 28.3. The van der Waals surface area contributed by atoms with Gasteiger partial charge in [0, 0.05) is 23.2 Å². The van der Waals surface area contributed by atoms with Gasteiger partial charge in [0.15, 0.2) is 0 Å². The summed E-state index contributed by atoms with van der Waals surface area (Å²) in [5.74, 6) is -2.64. The molecule has 0 saturated carbocycles. The maximum atomic E-state index is 13.8. The molecule has 0 bridgehead atoms. The third kappa shape index (κ3) is 5.34. The second-order valence-electron chi connectivity index (χ2n) is 7.32. The molecule has 0 radical (unpaired) electrons. The zero-order valence-corrected chi connectivity index (χ0v) is 17.5. The van der Waals surface area contributed by atoms with Crippen LogP contribution in [0.3, 0.4) is 0 Å². The van der Waals surface area contributed by atoms with E-state index in [2.05, 4.69) is 10.4 Å². The van der Waals surface area contributed by atoms with Crippen molar-refractivity contribution in [1.29, 1.82) is 0 Å². The number of hydrogen-bond acceptors (Lipinski definition) is 4. The second kappa shape index (κ2) is 9.36. The van der Waals surface area contributed by atoms with Crippen molar-refractivity contribution in [3.63, 3.8) is 0 Å². The molecule has 0 aliphatic heterocycles. The van der Waals surface area contributed by atoms with Crippen LogP contribution in [0.1, 0.15) is 24.2 Å². The van der Waals surface area contributed by atoms with E-state index in [1.165, 1.54) is 6.07 Å². The third-order valence-corrected chi connectivity index (χ3v) is 4.88. The predicted molar refractivity (Wildman–Crippen MR) is 113 cm³/mol. The Kier molecular flexibility index (Phi) is 6.82. The van der Waals surface area contributed by atoms with Crippen molar-refractivity contribution in [3.05, 3.63) is 81.1 Å². The highest BCUT2D eigenvalue weighted by atomic mass is 35.5. The Morgan fingerprint density at radius 1 is 1.13 bits per heavy atom. The molecule has 0 saturated heterocycles. The molecule has 1 amide bonds. The van der Waals surface area contributed by atoms with Gasteiger partial charge < -0.3 is 10.4 Å². The third-order valence-electron chi connectivity index (χ3n) is 4.63. The Hall–Kier alpha value is -3.10. The number of carbonyl (C=O) groups is 1. The summed E-state index contributed by atoms with van der Waals surface area (Å²) >= 11 is 5.92. The lowest BCUT2D eigenvalue weighted by Gasteiger charge is -2.16. The molecule has 3 aromatic rings. The molecule has 0 aliphatic rings. The largest absolute Gasteiger partial charge is 0.391 e. The molecule has 0 unspecified atom stereocenters. The summed E-state index contributed by atoms with van der Waals surface area (Å²) in [6.45, 7) is 3.50. The van der Waals surface area contributed by atoms with Crippen LogP contribution in [0.4, 0.5) is 8.78 Å². The fraction of sp³-hybridized carbons (Fsp3) is 0.227. The number of hydrogen-bond donors (Lipinski definition) is 2. The van der Waals surface area contributed by atoms with E-state index < -0.39 is 29.2 Å². The average molecular weight is 448 g/mol. The molecule has 1 aromatic heterocycles. The minimum Gasteiger partial charge on any atom is -0.391 e. The summed E-state index contributed by atoms with van der Waals surface area (Å²) in [6.07, 6.45) is -0.805. The first-order chi connectivity index (χ1) is 14.7. The highest BCUT2D eigenvalue weighted by Gasteiger charge is 2.19. The zero-order chi connectivity index (χ0) is 22.7. The fourth-order valence-electron chi connectivity index (χ4n) is 2.78. The van der Waals surface area contributed by atoms with Crippen LogP contribution < -0.4 is 10.9 Å². The number of amides is 1. The quantitative estimate of drug-likeness (QED) is 0.605. The van der Waals surface area contributed by atoms with Gasteiger partial charge in [0.1, 0.15) is 17.2 Å². The van der Waals surface area contributed by atoms with Crippen LogP contribution in [0.5, 0.6) is 0 Å². The van der Waals surface area contributed by atoms with Gasteiger partial charge in [-0.3, -0.25) is 9.59 Å². The molecule has 3 rings (SSSR count). The minimum atomic E-state index is -0.897. The molecule has 6 nitrogen and oxygen atoms in total. The van der Waals surface area contributed by atoms with Gasteiger partial charge in [-0.15, -0.1) is 0 Å². The van der Waals surface area contributed by atoms with Crippen molar-refractivity contribution in [1.82, 2.24) is 15.1 Å². The highest BCUT2D eigenvalue weighted by molar-refractivity contribution is 6.30. The van der Waals surface area contributed by atoms with Crippen LogP contribution >= 0.6 is 11.6 Å². The summed E-state index contributed by atoms with van der Waals surface area (Å²) in [4.78, 5) is 25.7. The van der Waals surface area contributed by atoms with E-state index in [9.17, 15) is 23.5 Å². The lowest BCUT2D eigenvalue weighted by atomic mass is 10.1. The molecule has 1 heterocycles. The van der Waals surface area contributed by atoms with Gasteiger partial charge in [0.2, 0.25) is 0 Å². The van der Waals surface area contributed by atoms with Gasteiger partial charge in [0.25, 0.3) is 11.5 Å². The Balaban J connectivity index is 2.13. The van der Waals surface area contributed by atoms with Gasteiger partial charge in [-0.25, -0.2) is 8.78 Å². The van der Waals surface area contributed by atoms with Gasteiger partial charge in [-0.05, 0) is 36.2 Å². The molecule has 0 aliphatic carbocycles. The Bertz CT molecular complexity index is 1140. The molecule has 162 valence electrons. The summed E-state index contributed by atoms with van der Waals surface area (Å²) in [6, 6.07) is 10.3. The average Bonchev–Trinajstić information content (AvgIpc) is 2.71. The van der Waals surface area contributed by atoms with Crippen molar-refractivity contribution in [2.75, 3.05) is 6.54 Å². The number of rotatable bonds is 6. The van der Waals surface area contributed by atoms with E-state index >= 15 is 0 Å². The number of nitrogens with zero attached hydrogens (tertiary/aromatic N) is 2. The van der Waals surface area contributed by atoms with E-state index in [1.807, 2.05) is 0 Å². The van der Waals surface area contributed by atoms with Crippen LogP contribution in [0.15, 0.2) is 53.3 Å². The maximum Gasteiger partial charge on any atom is 0.284 e. The Morgan fingerprint density at radius 2 is 1.74 bits per heavy atom. The number of aliphatic hydroxyl groups excluding tert-OH is 1. The van der Waals surface area contributed by atoms with Crippen LogP contribution in [-0.4, -0.2) is 33.4 Å². The van der Waals surface area contributed by atoms with Crippen LogP contribution in [-0.2, 0) is 0 Å². The number of benzene rings is 2. The standard InChI is InChI=1S/C22H20ClF2N3O3/c1-12(2)20(29)11-26-21(30)18-10-19(13-3-5-14(23)6-4-13)27-28(22(18)31)17-8-15(24)7-16(25)9-17/h3-10,12,20,29H,11H2,1-2H3,(H,26,30)/t20-/m1/s1. The van der Waals surface area contributed by atoms with Crippen molar-refractivity contribution in [3.8, 4) is 16.9 Å². The lowest BCUT2D eigenvalue weighted by molar-refractivity contribution is 0.0869. The molecule has 9 heteroatoms. The normalized spacial score (nSPS) is 12.1. The Labute approximate surface area is 182 Å². The first-order valence-electron chi connectivity index (χ1n) is 9.48. The van der Waals surface area contributed by atoms with Crippen molar-refractivity contribution >= 4 is 17.5 Å². The molecule has 1 atom stereocenters. The molecule has 0 spiro atoms. The summed E-state index contributed by atoms with van der Waals surface area (Å²) in [5.41, 5.74) is -0.573. The molecular weight excluding hydrogens is 428 g/mol. The van der Waals surface area contributed by atoms with Gasteiger partial charge in [-0.1, -0.05) is 37.6 Å². The number of nitrogens with one attached hydrogen (secondary N) is 1. The Morgan fingerprint density at radius 3 is 2.32 bits per heavy atom. The van der Waals surface area contributed by atoms with Crippen LogP contribution in [0.2, 0.25) is 5.02 Å². The van der Waals surface area contributed by atoms with E-state index in [1.54, 1.807) is 38.1 Å². The fourth-order valence-corrected chi connectivity index (χ4v) is 2.91. The molecule has 2 N–H and O–H groups in total. The summed E-state index contributed by atoms with van der Waals surface area (Å²) in [5, 5.41) is 17.1. The van der Waals surface area contributed by atoms with Gasteiger partial charge in [0.05, 0.1) is 17.5 Å².